The first-order valence-electron chi connectivity index (χ1n) is 5.44. The van der Waals surface area contributed by atoms with Crippen LogP contribution in [0.3, 0.4) is 0 Å². The summed E-state index contributed by atoms with van der Waals surface area (Å²) in [7, 11) is 0. The Bertz CT molecular complexity index is 605. The van der Waals surface area contributed by atoms with Gasteiger partial charge in [-0.05, 0) is 34.4 Å². The molecule has 1 atom stereocenters. The SMILES string of the molecule is C[C@@H]1c2ccccc2-c2ccc(C#N)cc21. The van der Waals surface area contributed by atoms with Gasteiger partial charge < -0.3 is 0 Å². The summed E-state index contributed by atoms with van der Waals surface area (Å²) in [5.41, 5.74) is 5.99. The molecule has 0 amide bonds. The minimum atomic E-state index is 0.402. The van der Waals surface area contributed by atoms with Gasteiger partial charge in [-0.2, -0.15) is 5.26 Å². The lowest BCUT2D eigenvalue weighted by atomic mass is 9.98. The molecule has 1 aliphatic rings. The molecule has 0 aliphatic heterocycles. The third-order valence-corrected chi connectivity index (χ3v) is 3.36. The first-order valence-corrected chi connectivity index (χ1v) is 5.44. The molecule has 3 rings (SSSR count). The number of nitrogens with zero attached hydrogens (tertiary/aromatic N) is 1. The van der Waals surface area contributed by atoms with Crippen LogP contribution in [0.25, 0.3) is 11.1 Å². The summed E-state index contributed by atoms with van der Waals surface area (Å²) >= 11 is 0. The van der Waals surface area contributed by atoms with Crippen LogP contribution in [-0.4, -0.2) is 0 Å². The minimum Gasteiger partial charge on any atom is -0.192 e. The highest BCUT2D eigenvalue weighted by Gasteiger charge is 2.24. The topological polar surface area (TPSA) is 23.8 Å². The van der Waals surface area contributed by atoms with E-state index in [1.54, 1.807) is 0 Å². The van der Waals surface area contributed by atoms with Crippen LogP contribution in [0.1, 0.15) is 29.5 Å². The third-order valence-electron chi connectivity index (χ3n) is 3.36. The Balaban J connectivity index is 2.29. The monoisotopic (exact) mass is 205 g/mol. The van der Waals surface area contributed by atoms with Gasteiger partial charge in [0.2, 0.25) is 0 Å². The fraction of sp³-hybridized carbons (Fsp3) is 0.133. The van der Waals surface area contributed by atoms with Crippen LogP contribution in [0.15, 0.2) is 42.5 Å². The summed E-state index contributed by atoms with van der Waals surface area (Å²) in [5.74, 6) is 0.402. The van der Waals surface area contributed by atoms with Gasteiger partial charge in [-0.1, -0.05) is 37.3 Å². The smallest absolute Gasteiger partial charge is 0.0991 e. The van der Waals surface area contributed by atoms with Crippen LogP contribution in [-0.2, 0) is 0 Å². The molecule has 0 saturated heterocycles. The molecule has 76 valence electrons. The molecule has 1 nitrogen and oxygen atoms in total. The molecule has 0 fully saturated rings. The number of benzene rings is 2. The van der Waals surface area contributed by atoms with E-state index in [0.29, 0.717) is 5.92 Å². The first-order chi connectivity index (χ1) is 7.81. The standard InChI is InChI=1S/C15H11N/c1-10-12-4-2-3-5-13(12)14-7-6-11(9-16)8-15(10)14/h2-8,10H,1H3/t10-/m1/s1. The van der Waals surface area contributed by atoms with Crippen LogP contribution in [0.5, 0.6) is 0 Å². The van der Waals surface area contributed by atoms with E-state index in [4.69, 9.17) is 5.26 Å². The highest BCUT2D eigenvalue weighted by Crippen LogP contribution is 2.44. The van der Waals surface area contributed by atoms with E-state index in [9.17, 15) is 0 Å². The van der Waals surface area contributed by atoms with Crippen molar-refractivity contribution in [3.05, 3.63) is 59.2 Å². The fourth-order valence-corrected chi connectivity index (χ4v) is 2.52. The van der Waals surface area contributed by atoms with Crippen molar-refractivity contribution >= 4 is 0 Å². The molecule has 0 N–H and O–H groups in total. The molecule has 0 heterocycles. The van der Waals surface area contributed by atoms with Crippen molar-refractivity contribution in [2.45, 2.75) is 12.8 Å². The summed E-state index contributed by atoms with van der Waals surface area (Å²) in [6.07, 6.45) is 0. The highest BCUT2D eigenvalue weighted by molar-refractivity contribution is 5.79. The summed E-state index contributed by atoms with van der Waals surface area (Å²) in [5, 5.41) is 8.92. The molecule has 16 heavy (non-hydrogen) atoms. The Labute approximate surface area is 95.0 Å². The second-order valence-electron chi connectivity index (χ2n) is 4.22. The molecule has 0 spiro atoms. The quantitative estimate of drug-likeness (QED) is 0.643. The Morgan fingerprint density at radius 3 is 2.56 bits per heavy atom. The van der Waals surface area contributed by atoms with Crippen molar-refractivity contribution in [3.8, 4) is 17.2 Å². The molecular formula is C15H11N. The predicted molar refractivity (Wildman–Crippen MR) is 64.1 cm³/mol. The molecule has 0 saturated carbocycles. The minimum absolute atomic E-state index is 0.402. The Kier molecular flexibility index (Phi) is 1.84. The van der Waals surface area contributed by atoms with E-state index in [1.807, 2.05) is 12.1 Å². The van der Waals surface area contributed by atoms with Gasteiger partial charge in [0.25, 0.3) is 0 Å². The van der Waals surface area contributed by atoms with Crippen molar-refractivity contribution in [2.75, 3.05) is 0 Å². The highest BCUT2D eigenvalue weighted by atomic mass is 14.3. The zero-order chi connectivity index (χ0) is 11.1. The van der Waals surface area contributed by atoms with E-state index in [1.165, 1.54) is 22.3 Å². The van der Waals surface area contributed by atoms with E-state index >= 15 is 0 Å². The average molecular weight is 205 g/mol. The number of nitriles is 1. The molecule has 0 radical (unpaired) electrons. The van der Waals surface area contributed by atoms with Gasteiger partial charge >= 0.3 is 0 Å². The fourth-order valence-electron chi connectivity index (χ4n) is 2.52. The molecule has 0 unspecified atom stereocenters. The van der Waals surface area contributed by atoms with Crippen LogP contribution in [0.2, 0.25) is 0 Å². The van der Waals surface area contributed by atoms with Gasteiger partial charge in [-0.15, -0.1) is 0 Å². The maximum absolute atomic E-state index is 8.92. The predicted octanol–water partition coefficient (Wildman–Crippen LogP) is 3.69. The van der Waals surface area contributed by atoms with Crippen molar-refractivity contribution in [2.24, 2.45) is 0 Å². The zero-order valence-electron chi connectivity index (χ0n) is 9.07. The summed E-state index contributed by atoms with van der Waals surface area (Å²) in [4.78, 5) is 0. The van der Waals surface area contributed by atoms with Crippen molar-refractivity contribution < 1.29 is 0 Å². The van der Waals surface area contributed by atoms with Crippen molar-refractivity contribution in [1.29, 1.82) is 5.26 Å². The van der Waals surface area contributed by atoms with E-state index in [0.717, 1.165) is 5.56 Å². The number of rotatable bonds is 0. The second kappa shape index (κ2) is 3.21. The van der Waals surface area contributed by atoms with E-state index < -0.39 is 0 Å². The van der Waals surface area contributed by atoms with Gasteiger partial charge in [-0.25, -0.2) is 0 Å². The Morgan fingerprint density at radius 1 is 1.00 bits per heavy atom. The summed E-state index contributed by atoms with van der Waals surface area (Å²) < 4.78 is 0. The molecule has 0 aromatic heterocycles. The Hall–Kier alpha value is -2.07. The zero-order valence-corrected chi connectivity index (χ0v) is 9.07. The van der Waals surface area contributed by atoms with E-state index in [-0.39, 0.29) is 0 Å². The lowest BCUT2D eigenvalue weighted by Crippen LogP contribution is -1.89. The van der Waals surface area contributed by atoms with E-state index in [2.05, 4.69) is 43.3 Å². The molecule has 2 aromatic rings. The third kappa shape index (κ3) is 1.10. The van der Waals surface area contributed by atoms with Crippen LogP contribution in [0.4, 0.5) is 0 Å². The molecule has 1 heteroatoms. The summed E-state index contributed by atoms with van der Waals surface area (Å²) in [6, 6.07) is 16.7. The summed E-state index contributed by atoms with van der Waals surface area (Å²) in [6.45, 7) is 2.20. The van der Waals surface area contributed by atoms with Gasteiger partial charge in [0.15, 0.2) is 0 Å². The second-order valence-corrected chi connectivity index (χ2v) is 4.22. The number of fused-ring (bicyclic) bond motifs is 3. The van der Waals surface area contributed by atoms with Gasteiger partial charge in [0, 0.05) is 5.92 Å². The van der Waals surface area contributed by atoms with Crippen LogP contribution < -0.4 is 0 Å². The normalized spacial score (nSPS) is 16.4. The van der Waals surface area contributed by atoms with Crippen LogP contribution >= 0.6 is 0 Å². The average Bonchev–Trinajstić information content (AvgIpc) is 2.64. The Morgan fingerprint density at radius 2 is 1.75 bits per heavy atom. The molecule has 0 bridgehead atoms. The number of hydrogen-bond donors (Lipinski definition) is 0. The number of hydrogen-bond acceptors (Lipinski definition) is 1. The maximum Gasteiger partial charge on any atom is 0.0991 e. The lowest BCUT2D eigenvalue weighted by Gasteiger charge is -2.05. The van der Waals surface area contributed by atoms with Gasteiger partial charge in [0.05, 0.1) is 11.6 Å². The van der Waals surface area contributed by atoms with Gasteiger partial charge in [-0.3, -0.25) is 0 Å². The van der Waals surface area contributed by atoms with Gasteiger partial charge in [0.1, 0.15) is 0 Å². The molecule has 1 aliphatic carbocycles. The molecule has 2 aromatic carbocycles. The largest absolute Gasteiger partial charge is 0.192 e. The van der Waals surface area contributed by atoms with Crippen molar-refractivity contribution in [3.63, 3.8) is 0 Å². The lowest BCUT2D eigenvalue weighted by molar-refractivity contribution is 0.956. The van der Waals surface area contributed by atoms with Crippen molar-refractivity contribution in [1.82, 2.24) is 0 Å². The van der Waals surface area contributed by atoms with Crippen LogP contribution in [0, 0.1) is 11.3 Å². The maximum atomic E-state index is 8.92. The first kappa shape index (κ1) is 9.18. The molecular weight excluding hydrogens is 194 g/mol.